The summed E-state index contributed by atoms with van der Waals surface area (Å²) in [6.07, 6.45) is 2.81. The molecule has 4 atom stereocenters. The quantitative estimate of drug-likeness (QED) is 0.120. The third-order valence-corrected chi connectivity index (χ3v) is 9.97. The Kier molecular flexibility index (Phi) is 10.2. The molecule has 3 aliphatic carbocycles. The zero-order chi connectivity index (χ0) is 35.8. The predicted molar refractivity (Wildman–Crippen MR) is 181 cm³/mol. The van der Waals surface area contributed by atoms with Crippen LogP contribution in [0.2, 0.25) is 0 Å². The number of hydrogen-bond acceptors (Lipinski definition) is 12. The maximum Gasteiger partial charge on any atom is 0.255 e. The minimum absolute atomic E-state index is 0.0738. The Morgan fingerprint density at radius 2 is 1.80 bits per heavy atom. The summed E-state index contributed by atoms with van der Waals surface area (Å²) in [5.74, 6) is -5.96. The van der Waals surface area contributed by atoms with Crippen LogP contribution in [-0.2, 0) is 27.3 Å². The number of fused-ring (bicyclic) bond motifs is 3. The standard InChI is InChI=1S/C36H46N4O9/c1-5-6-13-49-14-7-12-39-18-19-8-11-25(48-4)22(15-19)21-9-10-24(41)27-23(21)16-20-17-35(38)31(40(2)3)30(43)28(34(37)46)33(45)36(35,47)32(44)26(20)29(27)42/h8-11,15,20,31,39,41,43-44,47H,5-7,12-14,16-18,38H2,1-4H3,(H2,37,46)/t20-,31+,35+,36-/m0/s1. The molecule has 13 heteroatoms. The van der Waals surface area contributed by atoms with Crippen LogP contribution in [0.4, 0.5) is 0 Å². The summed E-state index contributed by atoms with van der Waals surface area (Å²) in [4.78, 5) is 41.6. The summed E-state index contributed by atoms with van der Waals surface area (Å²) >= 11 is 0. The number of carbonyl (C=O) groups is 3. The second-order valence-corrected chi connectivity index (χ2v) is 13.3. The molecule has 9 N–H and O–H groups in total. The van der Waals surface area contributed by atoms with Crippen molar-refractivity contribution in [2.45, 2.75) is 62.8 Å². The van der Waals surface area contributed by atoms with E-state index >= 15 is 0 Å². The highest BCUT2D eigenvalue weighted by atomic mass is 16.5. The molecular weight excluding hydrogens is 632 g/mol. The number of aromatic hydroxyl groups is 1. The Morgan fingerprint density at radius 1 is 1.08 bits per heavy atom. The number of primary amides is 1. The summed E-state index contributed by atoms with van der Waals surface area (Å²) in [6, 6.07) is 7.44. The van der Waals surface area contributed by atoms with Crippen LogP contribution in [0, 0.1) is 5.92 Å². The van der Waals surface area contributed by atoms with Crippen LogP contribution in [0.25, 0.3) is 11.1 Å². The maximum absolute atomic E-state index is 14.2. The number of nitrogens with two attached hydrogens (primary N) is 2. The number of nitrogens with zero attached hydrogens (tertiary/aromatic N) is 1. The normalized spacial score (nSPS) is 25.0. The molecular formula is C36H46N4O9. The number of allylic oxidation sites excluding steroid dienone is 1. The van der Waals surface area contributed by atoms with E-state index in [4.69, 9.17) is 20.9 Å². The highest BCUT2D eigenvalue weighted by molar-refractivity contribution is 6.25. The number of aliphatic hydroxyl groups is 3. The zero-order valence-corrected chi connectivity index (χ0v) is 28.3. The van der Waals surface area contributed by atoms with Gasteiger partial charge in [0.15, 0.2) is 5.78 Å². The first-order valence-electron chi connectivity index (χ1n) is 16.5. The number of amides is 1. The SMILES string of the molecule is CCCCOCCCNCc1ccc(OC)c(-c2ccc(O)c3c2C[C@H]2C[C@@]4(N)[C@H](N(C)C)C(O)=C(C(N)=O)C(=O)[C@@]4(O)C(O)=C2C3=O)c1. The van der Waals surface area contributed by atoms with E-state index in [0.29, 0.717) is 35.6 Å². The third kappa shape index (κ3) is 5.89. The molecule has 264 valence electrons. The highest BCUT2D eigenvalue weighted by Gasteiger charge is 2.70. The van der Waals surface area contributed by atoms with Gasteiger partial charge in [-0.1, -0.05) is 25.5 Å². The summed E-state index contributed by atoms with van der Waals surface area (Å²) in [6.45, 7) is 4.87. The van der Waals surface area contributed by atoms with Crippen molar-refractivity contribution in [2.24, 2.45) is 17.4 Å². The Bertz CT molecular complexity index is 1730. The number of unbranched alkanes of at least 4 members (excludes halogenated alkanes) is 1. The van der Waals surface area contributed by atoms with Crippen molar-refractivity contribution in [1.82, 2.24) is 10.2 Å². The van der Waals surface area contributed by atoms with E-state index in [0.717, 1.165) is 38.0 Å². The lowest BCUT2D eigenvalue weighted by Gasteiger charge is -2.56. The average molecular weight is 679 g/mol. The molecule has 0 saturated heterocycles. The molecule has 0 aromatic heterocycles. The molecule has 1 amide bonds. The molecule has 0 radical (unpaired) electrons. The van der Waals surface area contributed by atoms with Gasteiger partial charge in [-0.3, -0.25) is 19.3 Å². The van der Waals surface area contributed by atoms with Crippen LogP contribution in [0.3, 0.4) is 0 Å². The van der Waals surface area contributed by atoms with Gasteiger partial charge in [-0.2, -0.15) is 0 Å². The fraction of sp³-hybridized carbons (Fsp3) is 0.472. The van der Waals surface area contributed by atoms with Crippen molar-refractivity contribution in [3.63, 3.8) is 0 Å². The number of phenols is 1. The van der Waals surface area contributed by atoms with Crippen LogP contribution in [0.1, 0.15) is 54.1 Å². The fourth-order valence-electron chi connectivity index (χ4n) is 7.67. The summed E-state index contributed by atoms with van der Waals surface area (Å²) in [7, 11) is 4.58. The minimum Gasteiger partial charge on any atom is -0.510 e. The molecule has 0 unspecified atom stereocenters. The van der Waals surface area contributed by atoms with Crippen LogP contribution >= 0.6 is 0 Å². The molecule has 0 fully saturated rings. The van der Waals surface area contributed by atoms with Gasteiger partial charge in [0, 0.05) is 30.9 Å². The van der Waals surface area contributed by atoms with Crippen molar-refractivity contribution in [3.05, 3.63) is 69.7 Å². The Balaban J connectivity index is 1.55. The van der Waals surface area contributed by atoms with Crippen molar-refractivity contribution in [1.29, 1.82) is 0 Å². The van der Waals surface area contributed by atoms with Crippen molar-refractivity contribution in [3.8, 4) is 22.6 Å². The molecule has 49 heavy (non-hydrogen) atoms. The van der Waals surface area contributed by atoms with Gasteiger partial charge in [0.2, 0.25) is 11.4 Å². The topological polar surface area (TPSA) is 218 Å². The summed E-state index contributed by atoms with van der Waals surface area (Å²) in [5, 5.41) is 49.2. The van der Waals surface area contributed by atoms with E-state index in [2.05, 4.69) is 12.2 Å². The van der Waals surface area contributed by atoms with Gasteiger partial charge >= 0.3 is 0 Å². The van der Waals surface area contributed by atoms with E-state index < -0.39 is 57.7 Å². The van der Waals surface area contributed by atoms with Gasteiger partial charge in [-0.15, -0.1) is 0 Å². The van der Waals surface area contributed by atoms with Crippen molar-refractivity contribution < 1.29 is 44.3 Å². The number of ether oxygens (including phenoxy) is 2. The van der Waals surface area contributed by atoms with Gasteiger partial charge in [-0.25, -0.2) is 0 Å². The molecule has 3 aliphatic rings. The average Bonchev–Trinajstić information content (AvgIpc) is 3.04. The first-order chi connectivity index (χ1) is 23.2. The first kappa shape index (κ1) is 36.0. The zero-order valence-electron chi connectivity index (χ0n) is 28.3. The lowest BCUT2D eigenvalue weighted by molar-refractivity contribution is -0.152. The predicted octanol–water partition coefficient (Wildman–Crippen LogP) is 2.17. The van der Waals surface area contributed by atoms with E-state index in [1.165, 1.54) is 32.2 Å². The molecule has 0 saturated carbocycles. The maximum atomic E-state index is 14.2. The number of aliphatic hydroxyl groups excluding tert-OH is 2. The molecule has 13 nitrogen and oxygen atoms in total. The van der Waals surface area contributed by atoms with Crippen LogP contribution in [-0.4, -0.2) is 101 Å². The number of benzene rings is 2. The smallest absolute Gasteiger partial charge is 0.255 e. The van der Waals surface area contributed by atoms with Gasteiger partial charge in [0.05, 0.1) is 24.3 Å². The number of phenolic OH excluding ortho intramolecular Hbond substituents is 1. The first-order valence-corrected chi connectivity index (χ1v) is 16.5. The minimum atomic E-state index is -2.98. The Morgan fingerprint density at radius 3 is 2.45 bits per heavy atom. The number of likely N-dealkylation sites (N-methyl/N-ethyl adjacent to an activating group) is 1. The van der Waals surface area contributed by atoms with Gasteiger partial charge in [0.1, 0.15) is 28.6 Å². The molecule has 0 heterocycles. The summed E-state index contributed by atoms with van der Waals surface area (Å²) < 4.78 is 11.3. The van der Waals surface area contributed by atoms with E-state index in [1.54, 1.807) is 6.07 Å². The lowest BCUT2D eigenvalue weighted by atomic mass is 9.54. The van der Waals surface area contributed by atoms with Gasteiger partial charge in [0.25, 0.3) is 5.91 Å². The monoisotopic (exact) mass is 678 g/mol. The van der Waals surface area contributed by atoms with E-state index in [-0.39, 0.29) is 29.7 Å². The van der Waals surface area contributed by atoms with Crippen molar-refractivity contribution in [2.75, 3.05) is 41.0 Å². The number of rotatable bonds is 13. The molecule has 5 rings (SSSR count). The third-order valence-electron chi connectivity index (χ3n) is 9.97. The molecule has 0 aliphatic heterocycles. The molecule has 2 aromatic rings. The second-order valence-electron chi connectivity index (χ2n) is 13.3. The molecule has 2 aromatic carbocycles. The van der Waals surface area contributed by atoms with Crippen LogP contribution < -0.4 is 21.5 Å². The number of methoxy groups -OCH3 is 1. The van der Waals surface area contributed by atoms with Gasteiger partial charge in [-0.05, 0) is 87.1 Å². The van der Waals surface area contributed by atoms with E-state index in [9.17, 15) is 34.8 Å². The fourth-order valence-corrected chi connectivity index (χ4v) is 7.67. The lowest BCUT2D eigenvalue weighted by Crippen LogP contribution is -2.79. The highest BCUT2D eigenvalue weighted by Crippen LogP contribution is 2.54. The van der Waals surface area contributed by atoms with Gasteiger partial charge < -0.3 is 46.7 Å². The largest absolute Gasteiger partial charge is 0.510 e. The number of hydrogen-bond donors (Lipinski definition) is 7. The Labute approximate surface area is 285 Å². The number of Topliss-reactive ketones (excluding diaryl/α,β-unsaturated/α-hetero) is 2. The number of nitrogens with one attached hydrogen (secondary N) is 1. The van der Waals surface area contributed by atoms with E-state index in [1.807, 2.05) is 18.2 Å². The van der Waals surface area contributed by atoms with Crippen LogP contribution in [0.5, 0.6) is 11.5 Å². The Hall–Kier alpha value is -4.27. The number of ketones is 2. The second kappa shape index (κ2) is 13.9. The van der Waals surface area contributed by atoms with Crippen molar-refractivity contribution >= 4 is 17.5 Å². The molecule has 0 bridgehead atoms. The van der Waals surface area contributed by atoms with Crippen LogP contribution in [0.15, 0.2) is 53.0 Å². The summed E-state index contributed by atoms with van der Waals surface area (Å²) in [5.41, 5.74) is 8.59. The number of carbonyl (C=O) groups excluding carboxylic acids is 3. The molecule has 0 spiro atoms.